The molecule has 2 aromatic rings. The largest absolute Gasteiger partial charge is 0.376 e. The smallest absolute Gasteiger partial charge is 0.243 e. The fourth-order valence-corrected chi connectivity index (χ4v) is 2.35. The summed E-state index contributed by atoms with van der Waals surface area (Å²) >= 11 is 0. The molecule has 0 aliphatic heterocycles. The molecule has 0 aromatic heterocycles. The van der Waals surface area contributed by atoms with Gasteiger partial charge in [-0.15, -0.1) is 0 Å². The van der Waals surface area contributed by atoms with Gasteiger partial charge in [0.25, 0.3) is 0 Å². The highest BCUT2D eigenvalue weighted by molar-refractivity contribution is 5.94. The van der Waals surface area contributed by atoms with Crippen molar-refractivity contribution in [1.29, 1.82) is 0 Å². The monoisotopic (exact) mass is 296 g/mol. The first-order valence-corrected chi connectivity index (χ1v) is 7.81. The third-order valence-electron chi connectivity index (χ3n) is 3.67. The SMILES string of the molecule is CCc1ccc(NCC(=O)Nc2ccccc2C(C)C)cc1. The molecule has 0 radical (unpaired) electrons. The van der Waals surface area contributed by atoms with E-state index in [1.165, 1.54) is 5.56 Å². The molecule has 0 saturated carbocycles. The molecule has 0 saturated heterocycles. The van der Waals surface area contributed by atoms with Gasteiger partial charge in [0.05, 0.1) is 6.54 Å². The van der Waals surface area contributed by atoms with Crippen molar-refractivity contribution >= 4 is 17.3 Å². The number of nitrogens with one attached hydrogen (secondary N) is 2. The Balaban J connectivity index is 1.93. The van der Waals surface area contributed by atoms with E-state index in [-0.39, 0.29) is 12.5 Å². The van der Waals surface area contributed by atoms with Gasteiger partial charge in [-0.3, -0.25) is 4.79 Å². The molecule has 22 heavy (non-hydrogen) atoms. The second kappa shape index (κ2) is 7.64. The summed E-state index contributed by atoms with van der Waals surface area (Å²) in [5, 5.41) is 6.14. The summed E-state index contributed by atoms with van der Waals surface area (Å²) < 4.78 is 0. The summed E-state index contributed by atoms with van der Waals surface area (Å²) in [5.41, 5.74) is 4.30. The van der Waals surface area contributed by atoms with Gasteiger partial charge in [-0.05, 0) is 41.7 Å². The zero-order chi connectivity index (χ0) is 15.9. The van der Waals surface area contributed by atoms with Gasteiger partial charge < -0.3 is 10.6 Å². The highest BCUT2D eigenvalue weighted by atomic mass is 16.1. The first-order chi connectivity index (χ1) is 10.6. The van der Waals surface area contributed by atoms with Crippen molar-refractivity contribution in [3.05, 3.63) is 59.7 Å². The highest BCUT2D eigenvalue weighted by Gasteiger charge is 2.08. The van der Waals surface area contributed by atoms with E-state index < -0.39 is 0 Å². The lowest BCUT2D eigenvalue weighted by Gasteiger charge is -2.14. The van der Waals surface area contributed by atoms with Gasteiger partial charge in [0.15, 0.2) is 0 Å². The maximum absolute atomic E-state index is 12.1. The Hall–Kier alpha value is -2.29. The van der Waals surface area contributed by atoms with Crippen molar-refractivity contribution in [3.63, 3.8) is 0 Å². The van der Waals surface area contributed by atoms with Gasteiger partial charge >= 0.3 is 0 Å². The number of hydrogen-bond donors (Lipinski definition) is 2. The minimum absolute atomic E-state index is 0.0346. The van der Waals surface area contributed by atoms with Gasteiger partial charge in [0.2, 0.25) is 5.91 Å². The first-order valence-electron chi connectivity index (χ1n) is 7.81. The van der Waals surface area contributed by atoms with E-state index >= 15 is 0 Å². The zero-order valence-electron chi connectivity index (χ0n) is 13.5. The number of hydrogen-bond acceptors (Lipinski definition) is 2. The Labute approximate surface area is 132 Å². The molecule has 1 amide bonds. The molecule has 3 heteroatoms. The number of para-hydroxylation sites is 1. The lowest BCUT2D eigenvalue weighted by molar-refractivity contribution is -0.114. The van der Waals surface area contributed by atoms with Crippen LogP contribution in [0, 0.1) is 0 Å². The number of rotatable bonds is 6. The molecule has 0 aliphatic carbocycles. The molecule has 0 aliphatic rings. The number of amides is 1. The topological polar surface area (TPSA) is 41.1 Å². The van der Waals surface area contributed by atoms with E-state index in [4.69, 9.17) is 0 Å². The van der Waals surface area contributed by atoms with E-state index in [2.05, 4.69) is 49.6 Å². The Morgan fingerprint density at radius 2 is 1.73 bits per heavy atom. The van der Waals surface area contributed by atoms with Gasteiger partial charge in [0.1, 0.15) is 0 Å². The number of carbonyl (C=O) groups is 1. The fourth-order valence-electron chi connectivity index (χ4n) is 2.35. The molecule has 0 spiro atoms. The van der Waals surface area contributed by atoms with E-state index in [1.807, 2.05) is 30.3 Å². The molecule has 2 aromatic carbocycles. The standard InChI is InChI=1S/C19H24N2O/c1-4-15-9-11-16(12-10-15)20-13-19(22)21-18-8-6-5-7-17(18)14(2)3/h5-12,14,20H,4,13H2,1-3H3,(H,21,22). The van der Waals surface area contributed by atoms with Crippen molar-refractivity contribution in [2.24, 2.45) is 0 Å². The molecule has 0 heterocycles. The van der Waals surface area contributed by atoms with Crippen molar-refractivity contribution in [2.45, 2.75) is 33.1 Å². The molecule has 116 valence electrons. The predicted molar refractivity (Wildman–Crippen MR) is 93.5 cm³/mol. The number of carbonyl (C=O) groups excluding carboxylic acids is 1. The summed E-state index contributed by atoms with van der Waals surface area (Å²) in [7, 11) is 0. The molecule has 0 unspecified atom stereocenters. The van der Waals surface area contributed by atoms with Crippen LogP contribution in [-0.2, 0) is 11.2 Å². The van der Waals surface area contributed by atoms with Crippen molar-refractivity contribution in [3.8, 4) is 0 Å². The highest BCUT2D eigenvalue weighted by Crippen LogP contribution is 2.23. The average molecular weight is 296 g/mol. The molecule has 0 atom stereocenters. The second-order valence-corrected chi connectivity index (χ2v) is 5.69. The maximum Gasteiger partial charge on any atom is 0.243 e. The summed E-state index contributed by atoms with van der Waals surface area (Å²) in [6.07, 6.45) is 1.02. The Morgan fingerprint density at radius 1 is 1.05 bits per heavy atom. The van der Waals surface area contributed by atoms with E-state index in [9.17, 15) is 4.79 Å². The summed E-state index contributed by atoms with van der Waals surface area (Å²) in [5.74, 6) is 0.346. The van der Waals surface area contributed by atoms with Gasteiger partial charge in [-0.2, -0.15) is 0 Å². The first kappa shape index (κ1) is 16.1. The Morgan fingerprint density at radius 3 is 2.36 bits per heavy atom. The van der Waals surface area contributed by atoms with Crippen LogP contribution in [0.25, 0.3) is 0 Å². The lowest BCUT2D eigenvalue weighted by Crippen LogP contribution is -2.22. The van der Waals surface area contributed by atoms with E-state index in [1.54, 1.807) is 0 Å². The summed E-state index contributed by atoms with van der Waals surface area (Å²) in [4.78, 5) is 12.1. The third-order valence-corrected chi connectivity index (χ3v) is 3.67. The number of anilines is 2. The normalized spacial score (nSPS) is 10.5. The Bertz CT molecular complexity index is 618. The van der Waals surface area contributed by atoms with Gasteiger partial charge in [-0.1, -0.05) is 51.1 Å². The zero-order valence-corrected chi connectivity index (χ0v) is 13.5. The predicted octanol–water partition coefficient (Wildman–Crippen LogP) is 4.42. The van der Waals surface area contributed by atoms with Gasteiger partial charge in [0, 0.05) is 11.4 Å². The minimum Gasteiger partial charge on any atom is -0.376 e. The minimum atomic E-state index is -0.0346. The van der Waals surface area contributed by atoms with Crippen LogP contribution in [0.3, 0.4) is 0 Å². The second-order valence-electron chi connectivity index (χ2n) is 5.69. The quantitative estimate of drug-likeness (QED) is 0.828. The van der Waals surface area contributed by atoms with Crippen LogP contribution >= 0.6 is 0 Å². The van der Waals surface area contributed by atoms with Crippen LogP contribution in [0.1, 0.15) is 37.8 Å². The van der Waals surface area contributed by atoms with E-state index in [0.29, 0.717) is 5.92 Å². The molecule has 2 rings (SSSR count). The molecular weight excluding hydrogens is 272 g/mol. The van der Waals surface area contributed by atoms with Crippen LogP contribution < -0.4 is 10.6 Å². The van der Waals surface area contributed by atoms with Crippen LogP contribution in [0.15, 0.2) is 48.5 Å². The van der Waals surface area contributed by atoms with Crippen molar-refractivity contribution < 1.29 is 4.79 Å². The van der Waals surface area contributed by atoms with Crippen molar-refractivity contribution in [1.82, 2.24) is 0 Å². The lowest BCUT2D eigenvalue weighted by atomic mass is 10.0. The molecule has 2 N–H and O–H groups in total. The average Bonchev–Trinajstić information content (AvgIpc) is 2.53. The fraction of sp³-hybridized carbons (Fsp3) is 0.316. The van der Waals surface area contributed by atoms with Gasteiger partial charge in [-0.25, -0.2) is 0 Å². The molecule has 0 fully saturated rings. The maximum atomic E-state index is 12.1. The number of aryl methyl sites for hydroxylation is 1. The van der Waals surface area contributed by atoms with E-state index in [0.717, 1.165) is 23.4 Å². The molecule has 3 nitrogen and oxygen atoms in total. The van der Waals surface area contributed by atoms with Crippen LogP contribution in [0.4, 0.5) is 11.4 Å². The third kappa shape index (κ3) is 4.35. The van der Waals surface area contributed by atoms with Crippen LogP contribution in [0.2, 0.25) is 0 Å². The summed E-state index contributed by atoms with van der Waals surface area (Å²) in [6, 6.07) is 16.1. The number of benzene rings is 2. The van der Waals surface area contributed by atoms with Crippen LogP contribution in [0.5, 0.6) is 0 Å². The van der Waals surface area contributed by atoms with Crippen molar-refractivity contribution in [2.75, 3.05) is 17.2 Å². The Kier molecular flexibility index (Phi) is 5.59. The molecular formula is C19H24N2O. The van der Waals surface area contributed by atoms with Crippen LogP contribution in [-0.4, -0.2) is 12.5 Å². The summed E-state index contributed by atoms with van der Waals surface area (Å²) in [6.45, 7) is 6.64. The molecule has 0 bridgehead atoms.